The van der Waals surface area contributed by atoms with E-state index in [0.717, 1.165) is 24.8 Å². The van der Waals surface area contributed by atoms with Gasteiger partial charge in [-0.3, -0.25) is 0 Å². The number of methoxy groups -OCH3 is 1. The minimum atomic E-state index is -3.48. The third-order valence-electron chi connectivity index (χ3n) is 4.23. The molecule has 7 nitrogen and oxygen atoms in total. The van der Waals surface area contributed by atoms with Crippen LogP contribution in [0.25, 0.3) is 0 Å². The summed E-state index contributed by atoms with van der Waals surface area (Å²) in [6, 6.07) is 6.20. The number of thiocarbonyl (C=S) groups is 1. The number of hydrogen-bond donors (Lipinski definition) is 3. The second-order valence-corrected chi connectivity index (χ2v) is 9.26. The Kier molecular flexibility index (Phi) is 5.80. The van der Waals surface area contributed by atoms with E-state index in [0.29, 0.717) is 21.4 Å². The number of benzene rings is 1. The highest BCUT2D eigenvalue weighted by molar-refractivity contribution is 7.89. The number of anilines is 2. The number of rotatable bonds is 5. The molecular formula is C17H19N3O4S3. The summed E-state index contributed by atoms with van der Waals surface area (Å²) in [4.78, 5) is 13.5. The highest BCUT2D eigenvalue weighted by atomic mass is 32.2. The van der Waals surface area contributed by atoms with Crippen molar-refractivity contribution in [2.45, 2.75) is 24.2 Å². The maximum Gasteiger partial charge on any atom is 0.341 e. The van der Waals surface area contributed by atoms with Crippen molar-refractivity contribution in [1.29, 1.82) is 0 Å². The number of aryl methyl sites for hydroxylation is 1. The number of nitrogens with one attached hydrogen (secondary N) is 3. The topological polar surface area (TPSA) is 96.5 Å². The zero-order valence-corrected chi connectivity index (χ0v) is 17.2. The molecule has 0 atom stereocenters. The number of thiophene rings is 1. The molecule has 10 heteroatoms. The molecule has 0 radical (unpaired) electrons. The van der Waals surface area contributed by atoms with E-state index in [9.17, 15) is 13.2 Å². The van der Waals surface area contributed by atoms with Gasteiger partial charge in [-0.2, -0.15) is 0 Å². The fourth-order valence-electron chi connectivity index (χ4n) is 2.91. The van der Waals surface area contributed by atoms with Crippen LogP contribution < -0.4 is 15.4 Å². The second kappa shape index (κ2) is 7.93. The van der Waals surface area contributed by atoms with Gasteiger partial charge in [0.05, 0.1) is 17.6 Å². The van der Waals surface area contributed by atoms with Crippen LogP contribution in [0.15, 0.2) is 29.2 Å². The summed E-state index contributed by atoms with van der Waals surface area (Å²) in [5, 5.41) is 7.04. The molecule has 0 fully saturated rings. The van der Waals surface area contributed by atoms with Gasteiger partial charge in [-0.1, -0.05) is 0 Å². The summed E-state index contributed by atoms with van der Waals surface area (Å²) in [6.07, 6.45) is 2.85. The van der Waals surface area contributed by atoms with E-state index < -0.39 is 10.0 Å². The SMILES string of the molecule is CNS(=O)(=O)c1ccc(NC(=S)Nc2sc3c(c2C(=O)OC)CCC3)cc1. The van der Waals surface area contributed by atoms with Crippen molar-refractivity contribution >= 4 is 55.3 Å². The van der Waals surface area contributed by atoms with E-state index in [2.05, 4.69) is 15.4 Å². The van der Waals surface area contributed by atoms with Gasteiger partial charge in [0, 0.05) is 10.6 Å². The highest BCUT2D eigenvalue weighted by Gasteiger charge is 2.27. The van der Waals surface area contributed by atoms with Crippen LogP contribution in [0, 0.1) is 0 Å². The zero-order chi connectivity index (χ0) is 19.6. The van der Waals surface area contributed by atoms with Gasteiger partial charge in [-0.15, -0.1) is 11.3 Å². The summed E-state index contributed by atoms with van der Waals surface area (Å²) in [7, 11) is -0.762. The summed E-state index contributed by atoms with van der Waals surface area (Å²) < 4.78 is 30.7. The first kappa shape index (κ1) is 19.7. The smallest absolute Gasteiger partial charge is 0.341 e. The quantitative estimate of drug-likeness (QED) is 0.501. The normalized spacial score (nSPS) is 13.1. The molecular weight excluding hydrogens is 406 g/mol. The van der Waals surface area contributed by atoms with Crippen LogP contribution >= 0.6 is 23.6 Å². The predicted octanol–water partition coefficient (Wildman–Crippen LogP) is 2.74. The van der Waals surface area contributed by atoms with E-state index in [1.807, 2.05) is 0 Å². The van der Waals surface area contributed by atoms with Crippen molar-refractivity contribution in [3.63, 3.8) is 0 Å². The Morgan fingerprint density at radius 3 is 2.52 bits per heavy atom. The summed E-state index contributed by atoms with van der Waals surface area (Å²) in [6.45, 7) is 0. The lowest BCUT2D eigenvalue weighted by Crippen LogP contribution is -2.21. The first-order valence-electron chi connectivity index (χ1n) is 8.20. The van der Waals surface area contributed by atoms with Gasteiger partial charge in [-0.05, 0) is 68.4 Å². The minimum Gasteiger partial charge on any atom is -0.465 e. The molecule has 0 saturated carbocycles. The first-order chi connectivity index (χ1) is 12.9. The Morgan fingerprint density at radius 1 is 1.19 bits per heavy atom. The predicted molar refractivity (Wildman–Crippen MR) is 110 cm³/mol. The standard InChI is InChI=1S/C17H19N3O4S3/c1-18-27(22,23)11-8-6-10(7-9-11)19-17(25)20-15-14(16(21)24-2)12-4-3-5-13(12)26-15/h6-9,18H,3-5H2,1-2H3,(H2,19,20,25). The molecule has 0 aliphatic heterocycles. The molecule has 0 saturated heterocycles. The number of ether oxygens (including phenoxy) is 1. The lowest BCUT2D eigenvalue weighted by Gasteiger charge is -2.11. The molecule has 1 aromatic heterocycles. The van der Waals surface area contributed by atoms with Gasteiger partial charge < -0.3 is 15.4 Å². The Bertz CT molecular complexity index is 982. The van der Waals surface area contributed by atoms with E-state index >= 15 is 0 Å². The molecule has 1 aliphatic carbocycles. The first-order valence-corrected chi connectivity index (χ1v) is 10.9. The monoisotopic (exact) mass is 425 g/mol. The van der Waals surface area contributed by atoms with Crippen molar-refractivity contribution in [3.05, 3.63) is 40.3 Å². The Hall–Kier alpha value is -2.01. The molecule has 1 heterocycles. The average molecular weight is 426 g/mol. The Morgan fingerprint density at radius 2 is 1.89 bits per heavy atom. The average Bonchev–Trinajstić information content (AvgIpc) is 3.22. The van der Waals surface area contributed by atoms with Crippen molar-refractivity contribution < 1.29 is 17.9 Å². The molecule has 0 amide bonds. The third kappa shape index (κ3) is 4.13. The van der Waals surface area contributed by atoms with E-state index in [4.69, 9.17) is 17.0 Å². The molecule has 1 aromatic carbocycles. The summed E-state index contributed by atoms with van der Waals surface area (Å²) in [5.74, 6) is -0.374. The molecule has 2 aromatic rings. The van der Waals surface area contributed by atoms with Crippen molar-refractivity contribution in [1.82, 2.24) is 4.72 Å². The van der Waals surface area contributed by atoms with Crippen LogP contribution in [0.3, 0.4) is 0 Å². The minimum absolute atomic E-state index is 0.164. The van der Waals surface area contributed by atoms with Gasteiger partial charge in [0.1, 0.15) is 5.00 Å². The molecule has 3 rings (SSSR count). The van der Waals surface area contributed by atoms with E-state index in [-0.39, 0.29) is 10.9 Å². The Balaban J connectivity index is 1.74. The van der Waals surface area contributed by atoms with Crippen molar-refractivity contribution in [3.8, 4) is 0 Å². The molecule has 1 aliphatic rings. The lowest BCUT2D eigenvalue weighted by molar-refractivity contribution is 0.0601. The fourth-order valence-corrected chi connectivity index (χ4v) is 5.21. The number of carbonyl (C=O) groups excluding carboxylic acids is 1. The molecule has 0 bridgehead atoms. The van der Waals surface area contributed by atoms with Crippen molar-refractivity contribution in [2.75, 3.05) is 24.8 Å². The molecule has 0 spiro atoms. The van der Waals surface area contributed by atoms with Crippen LogP contribution in [0.2, 0.25) is 0 Å². The maximum atomic E-state index is 12.2. The molecule has 3 N–H and O–H groups in total. The maximum absolute atomic E-state index is 12.2. The number of hydrogen-bond acceptors (Lipinski definition) is 6. The van der Waals surface area contributed by atoms with Crippen LogP contribution in [0.4, 0.5) is 10.7 Å². The van der Waals surface area contributed by atoms with Gasteiger partial charge in [0.15, 0.2) is 5.11 Å². The zero-order valence-electron chi connectivity index (χ0n) is 14.8. The van der Waals surface area contributed by atoms with Crippen LogP contribution in [-0.4, -0.2) is 33.7 Å². The van der Waals surface area contributed by atoms with Gasteiger partial charge in [-0.25, -0.2) is 17.9 Å². The summed E-state index contributed by atoms with van der Waals surface area (Å²) in [5.41, 5.74) is 2.22. The molecule has 27 heavy (non-hydrogen) atoms. The highest BCUT2D eigenvalue weighted by Crippen LogP contribution is 2.39. The molecule has 144 valence electrons. The van der Waals surface area contributed by atoms with Crippen LogP contribution in [-0.2, 0) is 27.6 Å². The fraction of sp³-hybridized carbons (Fsp3) is 0.294. The van der Waals surface area contributed by atoms with Crippen LogP contribution in [0.5, 0.6) is 0 Å². The second-order valence-electron chi connectivity index (χ2n) is 5.86. The largest absolute Gasteiger partial charge is 0.465 e. The van der Waals surface area contributed by atoms with Crippen molar-refractivity contribution in [2.24, 2.45) is 0 Å². The number of fused-ring (bicyclic) bond motifs is 1. The van der Waals surface area contributed by atoms with Gasteiger partial charge >= 0.3 is 5.97 Å². The lowest BCUT2D eigenvalue weighted by atomic mass is 10.1. The van der Waals surface area contributed by atoms with Crippen LogP contribution in [0.1, 0.15) is 27.2 Å². The number of esters is 1. The Labute approximate surface area is 167 Å². The van der Waals surface area contributed by atoms with E-state index in [1.54, 1.807) is 12.1 Å². The third-order valence-corrected chi connectivity index (χ3v) is 7.07. The van der Waals surface area contributed by atoms with Gasteiger partial charge in [0.2, 0.25) is 10.0 Å². The number of carbonyl (C=O) groups is 1. The molecule has 0 unspecified atom stereocenters. The van der Waals surface area contributed by atoms with Gasteiger partial charge in [0.25, 0.3) is 0 Å². The van der Waals surface area contributed by atoms with E-state index in [1.165, 1.54) is 42.5 Å². The summed E-state index contributed by atoms with van der Waals surface area (Å²) >= 11 is 6.85. The number of sulfonamides is 1.